The van der Waals surface area contributed by atoms with Gasteiger partial charge < -0.3 is 14.8 Å². The van der Waals surface area contributed by atoms with Gasteiger partial charge >= 0.3 is 0 Å². The fourth-order valence-corrected chi connectivity index (χ4v) is 2.33. The summed E-state index contributed by atoms with van der Waals surface area (Å²) in [7, 11) is 0. The van der Waals surface area contributed by atoms with E-state index in [1.165, 1.54) is 18.2 Å². The molecule has 0 atom stereocenters. The lowest BCUT2D eigenvalue weighted by Gasteiger charge is -2.11. The number of nitrogens with zero attached hydrogens (tertiary/aromatic N) is 1. The molecule has 5 nitrogen and oxygen atoms in total. The van der Waals surface area contributed by atoms with Crippen molar-refractivity contribution < 1.29 is 18.7 Å². The van der Waals surface area contributed by atoms with E-state index in [1.54, 1.807) is 12.3 Å². The fourth-order valence-electron chi connectivity index (χ4n) is 1.87. The molecule has 0 spiro atoms. The molecule has 1 aromatic heterocycles. The molecule has 0 saturated heterocycles. The summed E-state index contributed by atoms with van der Waals surface area (Å²) in [6.45, 7) is 2.70. The van der Waals surface area contributed by atoms with Crippen LogP contribution in [0.15, 0.2) is 41.0 Å². The van der Waals surface area contributed by atoms with Crippen LogP contribution in [0.2, 0.25) is 0 Å². The lowest BCUT2D eigenvalue weighted by atomic mass is 10.2. The Morgan fingerprint density at radius 2 is 2.17 bits per heavy atom. The Morgan fingerprint density at radius 3 is 2.92 bits per heavy atom. The Labute approximate surface area is 148 Å². The van der Waals surface area contributed by atoms with Crippen LogP contribution in [0.1, 0.15) is 18.9 Å². The number of amides is 1. The topological polar surface area (TPSA) is 60.5 Å². The van der Waals surface area contributed by atoms with Crippen LogP contribution < -0.4 is 14.8 Å². The van der Waals surface area contributed by atoms with Gasteiger partial charge in [0.2, 0.25) is 5.88 Å². The maximum absolute atomic E-state index is 13.0. The number of carbonyl (C=O) groups is 1. The van der Waals surface area contributed by atoms with Gasteiger partial charge in [0, 0.05) is 18.3 Å². The van der Waals surface area contributed by atoms with Crippen molar-refractivity contribution in [2.75, 3.05) is 13.2 Å². The summed E-state index contributed by atoms with van der Waals surface area (Å²) in [5.41, 5.74) is 0.794. The molecule has 0 aliphatic carbocycles. The van der Waals surface area contributed by atoms with Crippen LogP contribution in [-0.2, 0) is 11.3 Å². The fraction of sp³-hybridized carbons (Fsp3) is 0.294. The summed E-state index contributed by atoms with van der Waals surface area (Å²) in [6.07, 6.45) is 2.52. The number of halogens is 2. The molecule has 2 aromatic rings. The smallest absolute Gasteiger partial charge is 0.258 e. The molecule has 1 heterocycles. The van der Waals surface area contributed by atoms with Crippen molar-refractivity contribution in [1.82, 2.24) is 10.3 Å². The normalized spacial score (nSPS) is 10.3. The number of nitrogens with one attached hydrogen (secondary N) is 1. The van der Waals surface area contributed by atoms with E-state index in [-0.39, 0.29) is 18.3 Å². The number of rotatable bonds is 8. The minimum absolute atomic E-state index is 0.171. The van der Waals surface area contributed by atoms with E-state index in [1.807, 2.05) is 13.0 Å². The highest BCUT2D eigenvalue weighted by molar-refractivity contribution is 9.10. The van der Waals surface area contributed by atoms with Crippen molar-refractivity contribution in [2.45, 2.75) is 19.9 Å². The third-order valence-corrected chi connectivity index (χ3v) is 3.64. The SMILES string of the molecule is CCCOc1ncccc1CNC(=O)COc1ccc(F)cc1Br. The predicted octanol–water partition coefficient (Wildman–Crippen LogP) is 3.47. The number of carbonyl (C=O) groups excluding carboxylic acids is 1. The standard InChI is InChI=1S/C17H18BrFN2O3/c1-2-8-23-17-12(4-3-7-20-17)10-21-16(22)11-24-15-6-5-13(19)9-14(15)18/h3-7,9H,2,8,10-11H2,1H3,(H,21,22). The molecule has 1 aromatic carbocycles. The van der Waals surface area contributed by atoms with Gasteiger partial charge in [0.05, 0.1) is 11.1 Å². The molecule has 7 heteroatoms. The Balaban J connectivity index is 1.85. The van der Waals surface area contributed by atoms with Crippen LogP contribution >= 0.6 is 15.9 Å². The Kier molecular flexibility index (Phi) is 6.99. The Bertz CT molecular complexity index is 697. The maximum atomic E-state index is 13.0. The molecule has 1 amide bonds. The zero-order valence-electron chi connectivity index (χ0n) is 13.2. The molecule has 128 valence electrons. The number of aromatic nitrogens is 1. The molecule has 2 rings (SSSR count). The lowest BCUT2D eigenvalue weighted by molar-refractivity contribution is -0.123. The van der Waals surface area contributed by atoms with Gasteiger partial charge in [0.15, 0.2) is 6.61 Å². The molecule has 0 aliphatic heterocycles. The second-order valence-corrected chi connectivity index (χ2v) is 5.81. The number of ether oxygens (including phenoxy) is 2. The lowest BCUT2D eigenvalue weighted by Crippen LogP contribution is -2.28. The van der Waals surface area contributed by atoms with E-state index in [4.69, 9.17) is 9.47 Å². The van der Waals surface area contributed by atoms with Crippen LogP contribution in [0.4, 0.5) is 4.39 Å². The molecule has 0 saturated carbocycles. The van der Waals surface area contributed by atoms with Crippen molar-refractivity contribution in [2.24, 2.45) is 0 Å². The van der Waals surface area contributed by atoms with Crippen molar-refractivity contribution in [3.8, 4) is 11.6 Å². The first-order valence-electron chi connectivity index (χ1n) is 7.51. The number of hydrogen-bond donors (Lipinski definition) is 1. The molecular weight excluding hydrogens is 379 g/mol. The molecule has 1 N–H and O–H groups in total. The highest BCUT2D eigenvalue weighted by Gasteiger charge is 2.09. The Hall–Kier alpha value is -2.15. The number of pyridine rings is 1. The minimum Gasteiger partial charge on any atom is -0.483 e. The minimum atomic E-state index is -0.380. The molecular formula is C17H18BrFN2O3. The quantitative estimate of drug-likeness (QED) is 0.741. The molecule has 0 fully saturated rings. The maximum Gasteiger partial charge on any atom is 0.258 e. The van der Waals surface area contributed by atoms with Gasteiger partial charge in [0.1, 0.15) is 11.6 Å². The van der Waals surface area contributed by atoms with E-state index >= 15 is 0 Å². The first-order valence-corrected chi connectivity index (χ1v) is 8.30. The van der Waals surface area contributed by atoms with E-state index in [9.17, 15) is 9.18 Å². The summed E-state index contributed by atoms with van der Waals surface area (Å²) < 4.78 is 24.4. The van der Waals surface area contributed by atoms with Crippen molar-refractivity contribution in [3.05, 3.63) is 52.4 Å². The van der Waals surface area contributed by atoms with Gasteiger partial charge in [-0.1, -0.05) is 13.0 Å². The largest absolute Gasteiger partial charge is 0.483 e. The zero-order valence-corrected chi connectivity index (χ0v) is 14.8. The third kappa shape index (κ3) is 5.49. The van der Waals surface area contributed by atoms with E-state index in [0.717, 1.165) is 12.0 Å². The van der Waals surface area contributed by atoms with Crippen LogP contribution in [0.5, 0.6) is 11.6 Å². The highest BCUT2D eigenvalue weighted by atomic mass is 79.9. The van der Waals surface area contributed by atoms with Crippen molar-refractivity contribution in [3.63, 3.8) is 0 Å². The number of benzene rings is 1. The van der Waals surface area contributed by atoms with Gasteiger partial charge in [-0.25, -0.2) is 9.37 Å². The summed E-state index contributed by atoms with van der Waals surface area (Å²) in [4.78, 5) is 16.1. The zero-order chi connectivity index (χ0) is 17.4. The average molecular weight is 397 g/mol. The van der Waals surface area contributed by atoms with Crippen LogP contribution in [0.25, 0.3) is 0 Å². The molecule has 0 radical (unpaired) electrons. The van der Waals surface area contributed by atoms with Crippen LogP contribution in [0, 0.1) is 5.82 Å². The summed E-state index contributed by atoms with van der Waals surface area (Å²) in [6, 6.07) is 7.64. The molecule has 0 bridgehead atoms. The molecule has 0 unspecified atom stereocenters. The molecule has 24 heavy (non-hydrogen) atoms. The summed E-state index contributed by atoms with van der Waals surface area (Å²) in [5.74, 6) is 0.244. The van der Waals surface area contributed by atoms with Gasteiger partial charge in [-0.15, -0.1) is 0 Å². The van der Waals surface area contributed by atoms with Gasteiger partial charge in [-0.05, 0) is 46.6 Å². The second kappa shape index (κ2) is 9.22. The highest BCUT2D eigenvalue weighted by Crippen LogP contribution is 2.25. The monoisotopic (exact) mass is 396 g/mol. The van der Waals surface area contributed by atoms with E-state index in [2.05, 4.69) is 26.2 Å². The van der Waals surface area contributed by atoms with Crippen LogP contribution in [-0.4, -0.2) is 24.1 Å². The average Bonchev–Trinajstić information content (AvgIpc) is 2.58. The van der Waals surface area contributed by atoms with Crippen molar-refractivity contribution >= 4 is 21.8 Å². The number of hydrogen-bond acceptors (Lipinski definition) is 4. The first kappa shape index (κ1) is 18.2. The Morgan fingerprint density at radius 1 is 1.33 bits per heavy atom. The van der Waals surface area contributed by atoms with Crippen molar-refractivity contribution in [1.29, 1.82) is 0 Å². The van der Waals surface area contributed by atoms with Gasteiger partial charge in [-0.2, -0.15) is 0 Å². The van der Waals surface area contributed by atoms with Crippen LogP contribution in [0.3, 0.4) is 0 Å². The second-order valence-electron chi connectivity index (χ2n) is 4.96. The summed E-state index contributed by atoms with van der Waals surface area (Å²) in [5, 5.41) is 2.74. The predicted molar refractivity (Wildman–Crippen MR) is 91.5 cm³/mol. The van der Waals surface area contributed by atoms with Gasteiger partial charge in [0.25, 0.3) is 5.91 Å². The summed E-state index contributed by atoms with van der Waals surface area (Å²) >= 11 is 3.18. The first-order chi connectivity index (χ1) is 11.6. The van der Waals surface area contributed by atoms with E-state index < -0.39 is 0 Å². The van der Waals surface area contributed by atoms with E-state index in [0.29, 0.717) is 29.3 Å². The third-order valence-electron chi connectivity index (χ3n) is 3.02. The molecule has 0 aliphatic rings. The van der Waals surface area contributed by atoms with Gasteiger partial charge in [-0.3, -0.25) is 4.79 Å².